The van der Waals surface area contributed by atoms with Gasteiger partial charge in [0.1, 0.15) is 0 Å². The van der Waals surface area contributed by atoms with Crippen LogP contribution in [0.3, 0.4) is 0 Å². The van der Waals surface area contributed by atoms with E-state index in [1.165, 1.54) is 18.0 Å². The Bertz CT molecular complexity index is 848. The van der Waals surface area contributed by atoms with Gasteiger partial charge in [0.15, 0.2) is 5.76 Å². The minimum absolute atomic E-state index is 0.151. The number of hydrogen-bond donors (Lipinski definition) is 1. The molecule has 0 unspecified atom stereocenters. The zero-order valence-electron chi connectivity index (χ0n) is 12.9. The summed E-state index contributed by atoms with van der Waals surface area (Å²) in [6.07, 6.45) is 1.53. The highest BCUT2D eigenvalue weighted by atomic mass is 79.9. The summed E-state index contributed by atoms with van der Waals surface area (Å²) in [4.78, 5) is 12.3. The molecule has 3 aromatic rings. The average Bonchev–Trinajstić information content (AvgIpc) is 3.20. The molecule has 2 aromatic heterocycles. The minimum Gasteiger partial charge on any atom is -0.459 e. The molecule has 3 rings (SSSR count). The van der Waals surface area contributed by atoms with E-state index in [2.05, 4.69) is 31.4 Å². The lowest BCUT2D eigenvalue weighted by Crippen LogP contribution is -2.22. The summed E-state index contributed by atoms with van der Waals surface area (Å²) >= 11 is 4.63. The monoisotopic (exact) mass is 407 g/mol. The van der Waals surface area contributed by atoms with Gasteiger partial charge < -0.3 is 14.2 Å². The zero-order chi connectivity index (χ0) is 17.1. The van der Waals surface area contributed by atoms with Gasteiger partial charge in [0.05, 0.1) is 17.2 Å². The highest BCUT2D eigenvalue weighted by Gasteiger charge is 2.20. The Labute approximate surface area is 151 Å². The zero-order valence-corrected chi connectivity index (χ0v) is 15.3. The molecule has 1 atom stereocenters. The molecule has 0 radical (unpaired) electrons. The molecule has 0 spiro atoms. The van der Waals surface area contributed by atoms with Crippen molar-refractivity contribution in [1.82, 2.24) is 10.2 Å². The third kappa shape index (κ3) is 3.88. The Morgan fingerprint density at radius 3 is 2.88 bits per heavy atom. The standard InChI is InChI=1S/C16H14BrN3O3S/c1-9-5-6-12(11(17)8-9)18-14(21)10(2)24-16-20-19-15(23-16)13-4-3-7-22-13/h3-8,10H,1-2H3,(H,18,21)/t10-/m0/s1. The number of halogens is 1. The highest BCUT2D eigenvalue weighted by molar-refractivity contribution is 9.10. The van der Waals surface area contributed by atoms with Gasteiger partial charge in [-0.1, -0.05) is 17.8 Å². The van der Waals surface area contributed by atoms with Crippen LogP contribution in [0.2, 0.25) is 0 Å². The molecule has 0 fully saturated rings. The molecule has 0 bridgehead atoms. The van der Waals surface area contributed by atoms with Crippen LogP contribution in [0.1, 0.15) is 12.5 Å². The largest absolute Gasteiger partial charge is 0.459 e. The first-order chi connectivity index (χ1) is 11.5. The van der Waals surface area contributed by atoms with Crippen LogP contribution in [-0.2, 0) is 4.79 Å². The SMILES string of the molecule is Cc1ccc(NC(=O)[C@H](C)Sc2nnc(-c3ccco3)o2)c(Br)c1. The fourth-order valence-electron chi connectivity index (χ4n) is 1.92. The summed E-state index contributed by atoms with van der Waals surface area (Å²) in [5.74, 6) is 0.633. The predicted octanol–water partition coefficient (Wildman–Crippen LogP) is 4.52. The summed E-state index contributed by atoms with van der Waals surface area (Å²) in [5, 5.41) is 10.6. The van der Waals surface area contributed by atoms with Crippen molar-refractivity contribution in [1.29, 1.82) is 0 Å². The first kappa shape index (κ1) is 16.8. The molecule has 1 N–H and O–H groups in total. The Morgan fingerprint density at radius 2 is 2.17 bits per heavy atom. The molecule has 0 aliphatic rings. The van der Waals surface area contributed by atoms with E-state index in [0.29, 0.717) is 11.0 Å². The molecular weight excluding hydrogens is 394 g/mol. The maximum atomic E-state index is 12.3. The molecule has 0 aliphatic heterocycles. The molecule has 0 saturated heterocycles. The van der Waals surface area contributed by atoms with Crippen LogP contribution in [-0.4, -0.2) is 21.4 Å². The van der Waals surface area contributed by atoms with Crippen LogP contribution in [0.15, 0.2) is 55.1 Å². The van der Waals surface area contributed by atoms with Crippen molar-refractivity contribution < 1.29 is 13.6 Å². The lowest BCUT2D eigenvalue weighted by molar-refractivity contribution is -0.115. The van der Waals surface area contributed by atoms with E-state index in [1.54, 1.807) is 19.1 Å². The topological polar surface area (TPSA) is 81.2 Å². The summed E-state index contributed by atoms with van der Waals surface area (Å²) in [6, 6.07) is 9.21. The van der Waals surface area contributed by atoms with Gasteiger partial charge in [-0.05, 0) is 59.6 Å². The van der Waals surface area contributed by atoms with Crippen LogP contribution >= 0.6 is 27.7 Å². The lowest BCUT2D eigenvalue weighted by atomic mass is 10.2. The third-order valence-electron chi connectivity index (χ3n) is 3.17. The number of aromatic nitrogens is 2. The van der Waals surface area contributed by atoms with Gasteiger partial charge in [-0.2, -0.15) is 0 Å². The van der Waals surface area contributed by atoms with Crippen LogP contribution < -0.4 is 5.32 Å². The number of nitrogens with one attached hydrogen (secondary N) is 1. The Kier molecular flexibility index (Phi) is 5.06. The van der Waals surface area contributed by atoms with Crippen LogP contribution in [0.25, 0.3) is 11.7 Å². The van der Waals surface area contributed by atoms with Crippen molar-refractivity contribution in [3.05, 3.63) is 46.6 Å². The van der Waals surface area contributed by atoms with E-state index in [4.69, 9.17) is 8.83 Å². The molecule has 8 heteroatoms. The quantitative estimate of drug-likeness (QED) is 0.626. The number of anilines is 1. The fraction of sp³-hybridized carbons (Fsp3) is 0.188. The first-order valence-electron chi connectivity index (χ1n) is 7.14. The number of carbonyl (C=O) groups excluding carboxylic acids is 1. The summed E-state index contributed by atoms with van der Waals surface area (Å²) in [7, 11) is 0. The number of thioether (sulfide) groups is 1. The van der Waals surface area contributed by atoms with Gasteiger partial charge in [-0.25, -0.2) is 0 Å². The molecule has 2 heterocycles. The van der Waals surface area contributed by atoms with Crippen molar-refractivity contribution >= 4 is 39.3 Å². The summed E-state index contributed by atoms with van der Waals surface area (Å²) in [6.45, 7) is 3.76. The summed E-state index contributed by atoms with van der Waals surface area (Å²) in [5.41, 5.74) is 1.83. The van der Waals surface area contributed by atoms with E-state index in [1.807, 2.05) is 25.1 Å². The second kappa shape index (κ2) is 7.23. The van der Waals surface area contributed by atoms with Gasteiger partial charge >= 0.3 is 0 Å². The Hall–Kier alpha value is -2.06. The molecule has 24 heavy (non-hydrogen) atoms. The number of furan rings is 1. The third-order valence-corrected chi connectivity index (χ3v) is 4.76. The Morgan fingerprint density at radius 1 is 1.33 bits per heavy atom. The number of aryl methyl sites for hydroxylation is 1. The maximum Gasteiger partial charge on any atom is 0.284 e. The van der Waals surface area contributed by atoms with Crippen LogP contribution in [0.5, 0.6) is 0 Å². The van der Waals surface area contributed by atoms with Crippen molar-refractivity contribution in [2.45, 2.75) is 24.3 Å². The first-order valence-corrected chi connectivity index (χ1v) is 8.81. The van der Waals surface area contributed by atoms with Crippen molar-refractivity contribution in [3.63, 3.8) is 0 Å². The number of carbonyl (C=O) groups is 1. The van der Waals surface area contributed by atoms with E-state index >= 15 is 0 Å². The van der Waals surface area contributed by atoms with Crippen molar-refractivity contribution in [2.75, 3.05) is 5.32 Å². The smallest absolute Gasteiger partial charge is 0.284 e. The number of hydrogen-bond acceptors (Lipinski definition) is 6. The van der Waals surface area contributed by atoms with E-state index in [9.17, 15) is 4.79 Å². The second-order valence-electron chi connectivity index (χ2n) is 5.08. The van der Waals surface area contributed by atoms with Crippen LogP contribution in [0.4, 0.5) is 5.69 Å². The molecular formula is C16H14BrN3O3S. The normalized spacial score (nSPS) is 12.1. The van der Waals surface area contributed by atoms with E-state index in [-0.39, 0.29) is 11.8 Å². The van der Waals surface area contributed by atoms with Crippen LogP contribution in [0, 0.1) is 6.92 Å². The maximum absolute atomic E-state index is 12.3. The Balaban J connectivity index is 1.64. The molecule has 6 nitrogen and oxygen atoms in total. The van der Waals surface area contributed by atoms with E-state index in [0.717, 1.165) is 15.7 Å². The van der Waals surface area contributed by atoms with Gasteiger partial charge in [-0.15, -0.1) is 10.2 Å². The molecule has 124 valence electrons. The van der Waals surface area contributed by atoms with Gasteiger partial charge in [0, 0.05) is 4.47 Å². The van der Waals surface area contributed by atoms with E-state index < -0.39 is 5.25 Å². The second-order valence-corrected chi connectivity index (χ2v) is 7.23. The van der Waals surface area contributed by atoms with Gasteiger partial charge in [-0.3, -0.25) is 4.79 Å². The van der Waals surface area contributed by atoms with Gasteiger partial charge in [0.2, 0.25) is 5.91 Å². The fourth-order valence-corrected chi connectivity index (χ4v) is 3.19. The molecule has 1 aromatic carbocycles. The van der Waals surface area contributed by atoms with Crippen molar-refractivity contribution in [3.8, 4) is 11.7 Å². The molecule has 0 aliphatic carbocycles. The number of rotatable bonds is 5. The van der Waals surface area contributed by atoms with Gasteiger partial charge in [0.25, 0.3) is 11.1 Å². The average molecular weight is 408 g/mol. The lowest BCUT2D eigenvalue weighted by Gasteiger charge is -2.11. The highest BCUT2D eigenvalue weighted by Crippen LogP contribution is 2.28. The summed E-state index contributed by atoms with van der Waals surface area (Å²) < 4.78 is 11.5. The molecule has 0 saturated carbocycles. The number of amides is 1. The number of benzene rings is 1. The predicted molar refractivity (Wildman–Crippen MR) is 94.8 cm³/mol. The minimum atomic E-state index is -0.400. The number of nitrogens with zero attached hydrogens (tertiary/aromatic N) is 2. The van der Waals surface area contributed by atoms with Crippen molar-refractivity contribution in [2.24, 2.45) is 0 Å². The molecule has 1 amide bonds.